The summed E-state index contributed by atoms with van der Waals surface area (Å²) in [4.78, 5) is 9.00. The summed E-state index contributed by atoms with van der Waals surface area (Å²) in [6.07, 6.45) is 3.89. The van der Waals surface area contributed by atoms with Crippen LogP contribution < -0.4 is 15.4 Å². The number of aromatic nitrogens is 2. The number of aryl methyl sites for hydroxylation is 1. The summed E-state index contributed by atoms with van der Waals surface area (Å²) in [5.41, 5.74) is 0.506. The molecule has 3 N–H and O–H groups in total. The molecule has 4 unspecified atom stereocenters. The van der Waals surface area contributed by atoms with Crippen molar-refractivity contribution in [2.75, 3.05) is 17.8 Å². The van der Waals surface area contributed by atoms with E-state index in [1.807, 2.05) is 6.07 Å². The smallest absolute Gasteiger partial charge is 0.308 e. The Morgan fingerprint density at radius 2 is 1.65 bits per heavy atom. The zero-order valence-electron chi connectivity index (χ0n) is 24.1. The number of hydrogen-bond acceptors (Lipinski definition) is 6. The van der Waals surface area contributed by atoms with Gasteiger partial charge in [0.05, 0.1) is 11.3 Å². The normalized spacial score (nSPS) is 30.4. The van der Waals surface area contributed by atoms with Gasteiger partial charge in [-0.1, -0.05) is 43.2 Å². The van der Waals surface area contributed by atoms with Crippen LogP contribution in [0.3, 0.4) is 0 Å². The topological polar surface area (TPSA) is 116 Å². The number of nitrogens with one attached hydrogen (secondary N) is 3. The number of halogens is 3. The van der Waals surface area contributed by atoms with Gasteiger partial charge in [0.15, 0.2) is 5.03 Å². The van der Waals surface area contributed by atoms with Crippen molar-refractivity contribution < 1.29 is 21.6 Å². The van der Waals surface area contributed by atoms with Crippen LogP contribution in [0, 0.1) is 12.8 Å². The average Bonchev–Trinajstić information content (AvgIpc) is 3.91. The molecule has 0 bridgehead atoms. The van der Waals surface area contributed by atoms with Gasteiger partial charge in [0.2, 0.25) is 0 Å². The van der Waals surface area contributed by atoms with Gasteiger partial charge in [-0.25, -0.2) is 9.97 Å². The van der Waals surface area contributed by atoms with Gasteiger partial charge in [-0.15, -0.1) is 0 Å². The molecule has 4 atom stereocenters. The van der Waals surface area contributed by atoms with Crippen molar-refractivity contribution in [2.24, 2.45) is 5.92 Å². The molecule has 7 rings (SSSR count). The number of sulfonamides is 1. The van der Waals surface area contributed by atoms with E-state index in [-0.39, 0.29) is 38.6 Å². The Labute approximate surface area is 250 Å². The molecular weight excluding hydrogens is 575 g/mol. The van der Waals surface area contributed by atoms with E-state index < -0.39 is 21.8 Å². The predicted octanol–water partition coefficient (Wildman–Crippen LogP) is 5.96. The Balaban J connectivity index is 1.24. The lowest BCUT2D eigenvalue weighted by Gasteiger charge is -2.48. The Kier molecular flexibility index (Phi) is 6.68. The van der Waals surface area contributed by atoms with E-state index in [1.54, 1.807) is 37.3 Å². The zero-order chi connectivity index (χ0) is 30.1. The van der Waals surface area contributed by atoms with E-state index in [2.05, 4.69) is 20.3 Å². The van der Waals surface area contributed by atoms with Gasteiger partial charge >= 0.3 is 6.18 Å². The molecule has 4 heterocycles. The Morgan fingerprint density at radius 3 is 2.37 bits per heavy atom. The van der Waals surface area contributed by atoms with Crippen LogP contribution in [0.15, 0.2) is 59.6 Å². The summed E-state index contributed by atoms with van der Waals surface area (Å²) in [6.45, 7) is 3.71. The monoisotopic (exact) mass is 611 g/mol. The molecule has 2 spiro atoms. The third kappa shape index (κ3) is 5.33. The molecule has 7 nitrogen and oxygen atoms in total. The van der Waals surface area contributed by atoms with Gasteiger partial charge in [-0.3, -0.25) is 4.72 Å². The van der Waals surface area contributed by atoms with Gasteiger partial charge in [-0.2, -0.15) is 21.6 Å². The number of hydrogen-bond donors (Lipinski definition) is 3. The van der Waals surface area contributed by atoms with Gasteiger partial charge < -0.3 is 10.6 Å². The molecule has 2 aliphatic carbocycles. The van der Waals surface area contributed by atoms with Crippen molar-refractivity contribution in [1.29, 1.82) is 0 Å². The highest BCUT2D eigenvalue weighted by Gasteiger charge is 2.58. The highest BCUT2D eigenvalue weighted by molar-refractivity contribution is 7.92. The van der Waals surface area contributed by atoms with Gasteiger partial charge in [0.1, 0.15) is 5.82 Å². The summed E-state index contributed by atoms with van der Waals surface area (Å²) in [7, 11) is -4.25. The number of anilines is 1. The standard InChI is InChI=1S/C32H36F3N5O2S/c1-21-7-2-3-9-23(21)28-24(32(33,34)35)12-13-26(39-28)40-43(41,42)27-11-4-10-25(38-27)31(16-6-15-30(18-31)20-37-30)22-8-5-14-29(17-22)19-36-29/h2-4,7,9-13,22,36-37H,5-6,8,14-20H2,1H3,(H,39,40). The molecule has 3 aromatic rings. The van der Waals surface area contributed by atoms with E-state index in [1.165, 1.54) is 12.5 Å². The molecule has 1 aromatic carbocycles. The zero-order valence-corrected chi connectivity index (χ0v) is 24.9. The number of rotatable bonds is 6. The van der Waals surface area contributed by atoms with Gasteiger partial charge in [-0.05, 0) is 81.2 Å². The van der Waals surface area contributed by atoms with Crippen LogP contribution in [-0.2, 0) is 21.6 Å². The van der Waals surface area contributed by atoms with Crippen molar-refractivity contribution >= 4 is 15.8 Å². The minimum Gasteiger partial charge on any atom is -0.308 e. The quantitative estimate of drug-likeness (QED) is 0.297. The van der Waals surface area contributed by atoms with Crippen LogP contribution in [0.25, 0.3) is 11.3 Å². The highest BCUT2D eigenvalue weighted by atomic mass is 32.2. The Bertz CT molecular complexity index is 1670. The highest BCUT2D eigenvalue weighted by Crippen LogP contribution is 2.56. The third-order valence-corrected chi connectivity index (χ3v) is 11.5. The number of pyridine rings is 2. The van der Waals surface area contributed by atoms with E-state index in [0.717, 1.165) is 75.9 Å². The molecule has 2 aromatic heterocycles. The summed E-state index contributed by atoms with van der Waals surface area (Å²) >= 11 is 0. The van der Waals surface area contributed by atoms with Gasteiger partial charge in [0.25, 0.3) is 10.0 Å². The maximum Gasteiger partial charge on any atom is 0.418 e. The van der Waals surface area contributed by atoms with Crippen LogP contribution in [0.4, 0.5) is 19.0 Å². The molecule has 0 radical (unpaired) electrons. The van der Waals surface area contributed by atoms with Crippen LogP contribution >= 0.6 is 0 Å². The maximum absolute atomic E-state index is 13.9. The molecule has 43 heavy (non-hydrogen) atoms. The lowest BCUT2D eigenvalue weighted by Crippen LogP contribution is -2.47. The molecule has 2 saturated heterocycles. The van der Waals surface area contributed by atoms with E-state index >= 15 is 0 Å². The predicted molar refractivity (Wildman–Crippen MR) is 158 cm³/mol. The fourth-order valence-corrected chi connectivity index (χ4v) is 8.80. The second-order valence-corrected chi connectivity index (χ2v) is 14.7. The van der Waals surface area contributed by atoms with Crippen LogP contribution in [0.1, 0.15) is 68.2 Å². The molecule has 2 aliphatic heterocycles. The van der Waals surface area contributed by atoms with E-state index in [4.69, 9.17) is 4.98 Å². The lowest BCUT2D eigenvalue weighted by molar-refractivity contribution is -0.137. The van der Waals surface area contributed by atoms with Crippen molar-refractivity contribution in [3.8, 4) is 11.3 Å². The van der Waals surface area contributed by atoms with Crippen molar-refractivity contribution in [3.05, 3.63) is 71.4 Å². The first-order valence-electron chi connectivity index (χ1n) is 15.1. The molecule has 4 fully saturated rings. The van der Waals surface area contributed by atoms with E-state index in [9.17, 15) is 21.6 Å². The maximum atomic E-state index is 13.9. The Morgan fingerprint density at radius 1 is 0.907 bits per heavy atom. The van der Waals surface area contributed by atoms with E-state index in [0.29, 0.717) is 11.5 Å². The summed E-state index contributed by atoms with van der Waals surface area (Å²) in [5.74, 6) is 0.198. The molecule has 228 valence electrons. The first-order chi connectivity index (χ1) is 20.4. The second kappa shape index (κ2) is 10.0. The summed E-state index contributed by atoms with van der Waals surface area (Å²) < 4.78 is 71.6. The van der Waals surface area contributed by atoms with Crippen LogP contribution in [0.2, 0.25) is 0 Å². The molecule has 2 saturated carbocycles. The Hall–Kier alpha value is -3.02. The molecule has 11 heteroatoms. The second-order valence-electron chi connectivity index (χ2n) is 13.1. The minimum atomic E-state index is -4.66. The van der Waals surface area contributed by atoms with Crippen LogP contribution in [-0.4, -0.2) is 42.6 Å². The number of benzene rings is 1. The van der Waals surface area contributed by atoms with Crippen molar-refractivity contribution in [1.82, 2.24) is 20.6 Å². The summed E-state index contributed by atoms with van der Waals surface area (Å²) in [6, 6.07) is 13.7. The first kappa shape index (κ1) is 28.7. The third-order valence-electron chi connectivity index (χ3n) is 10.3. The van der Waals surface area contributed by atoms with Crippen molar-refractivity contribution in [2.45, 2.75) is 86.0 Å². The lowest BCUT2D eigenvalue weighted by atomic mass is 9.56. The molecule has 0 amide bonds. The number of alkyl halides is 3. The van der Waals surface area contributed by atoms with Crippen molar-refractivity contribution in [3.63, 3.8) is 0 Å². The number of nitrogens with zero attached hydrogens (tertiary/aromatic N) is 2. The molecule has 4 aliphatic rings. The average molecular weight is 612 g/mol. The summed E-state index contributed by atoms with van der Waals surface area (Å²) in [5, 5.41) is 7.05. The first-order valence-corrected chi connectivity index (χ1v) is 16.6. The molecular formula is C32H36F3N5O2S. The van der Waals surface area contributed by atoms with Crippen LogP contribution in [0.5, 0.6) is 0 Å². The largest absolute Gasteiger partial charge is 0.418 e. The fourth-order valence-electron chi connectivity index (χ4n) is 7.83. The SMILES string of the molecule is Cc1ccccc1-c1nc(NS(=O)(=O)c2cccc(C3(C4CCCC5(CN5)C4)CCCC4(CN4)C3)n2)ccc1C(F)(F)F. The van der Waals surface area contributed by atoms with Gasteiger partial charge in [0, 0.05) is 40.8 Å². The fraction of sp³-hybridized carbons (Fsp3) is 0.500. The minimum absolute atomic E-state index is 0.102.